The van der Waals surface area contributed by atoms with E-state index in [0.717, 1.165) is 24.3 Å². The van der Waals surface area contributed by atoms with Gasteiger partial charge in [-0.3, -0.25) is 4.79 Å². The second kappa shape index (κ2) is 9.64. The molecule has 0 aliphatic carbocycles. The molecule has 0 spiro atoms. The fraction of sp³-hybridized carbons (Fsp3) is 0.316. The van der Waals surface area contributed by atoms with Gasteiger partial charge in [0.2, 0.25) is 5.91 Å². The number of hydrogen-bond donors (Lipinski definition) is 1. The topological polar surface area (TPSA) is 81.7 Å². The molecule has 2 rings (SSSR count). The molecule has 0 fully saturated rings. The highest BCUT2D eigenvalue weighted by Gasteiger charge is 2.29. The van der Waals surface area contributed by atoms with Crippen molar-refractivity contribution >= 4 is 15.7 Å². The Morgan fingerprint density at radius 3 is 2.34 bits per heavy atom. The van der Waals surface area contributed by atoms with Crippen LogP contribution in [0.15, 0.2) is 47.4 Å². The van der Waals surface area contributed by atoms with Gasteiger partial charge in [-0.1, -0.05) is 6.07 Å². The van der Waals surface area contributed by atoms with Crippen LogP contribution in [-0.2, 0) is 21.1 Å². The van der Waals surface area contributed by atoms with Crippen LogP contribution in [0.4, 0.5) is 13.2 Å². The Bertz CT molecular complexity index is 949. The van der Waals surface area contributed by atoms with Crippen molar-refractivity contribution in [3.63, 3.8) is 0 Å². The Labute approximate surface area is 166 Å². The van der Waals surface area contributed by atoms with Crippen molar-refractivity contribution in [1.29, 1.82) is 0 Å². The fourth-order valence-corrected chi connectivity index (χ4v) is 3.80. The molecule has 29 heavy (non-hydrogen) atoms. The summed E-state index contributed by atoms with van der Waals surface area (Å²) < 4.78 is 72.2. The highest BCUT2D eigenvalue weighted by molar-refractivity contribution is 7.92. The molecule has 0 radical (unpaired) electrons. The predicted molar refractivity (Wildman–Crippen MR) is 99.4 cm³/mol. The minimum absolute atomic E-state index is 0.0720. The molecule has 2 aromatic carbocycles. The van der Waals surface area contributed by atoms with Crippen molar-refractivity contribution in [2.75, 3.05) is 13.7 Å². The summed E-state index contributed by atoms with van der Waals surface area (Å²) in [7, 11) is -2.66. The van der Waals surface area contributed by atoms with E-state index >= 15 is 0 Å². The SMILES string of the molecule is COc1ccc(CCNC(=O)C(C)S(=O)(=O)c2ccc(F)cc2)cc1OC(F)F. The number of carbonyl (C=O) groups excluding carboxylic acids is 1. The van der Waals surface area contributed by atoms with Crippen LogP contribution < -0.4 is 14.8 Å². The first kappa shape index (κ1) is 22.5. The van der Waals surface area contributed by atoms with E-state index in [9.17, 15) is 26.4 Å². The number of hydrogen-bond acceptors (Lipinski definition) is 5. The minimum Gasteiger partial charge on any atom is -0.493 e. The zero-order chi connectivity index (χ0) is 21.6. The summed E-state index contributed by atoms with van der Waals surface area (Å²) in [4.78, 5) is 12.1. The van der Waals surface area contributed by atoms with Crippen molar-refractivity contribution in [2.45, 2.75) is 30.1 Å². The van der Waals surface area contributed by atoms with Crippen molar-refractivity contribution in [2.24, 2.45) is 0 Å². The van der Waals surface area contributed by atoms with E-state index in [1.165, 1.54) is 26.2 Å². The largest absolute Gasteiger partial charge is 0.493 e. The molecule has 0 aliphatic heterocycles. The molecule has 0 aliphatic rings. The third kappa shape index (κ3) is 5.86. The summed E-state index contributed by atoms with van der Waals surface area (Å²) in [5, 5.41) is 1.11. The number of halogens is 3. The number of rotatable bonds is 9. The van der Waals surface area contributed by atoms with Gasteiger partial charge in [-0.15, -0.1) is 0 Å². The molecule has 0 aromatic heterocycles. The molecule has 0 heterocycles. The Hall–Kier alpha value is -2.75. The second-order valence-electron chi connectivity index (χ2n) is 6.05. The lowest BCUT2D eigenvalue weighted by Crippen LogP contribution is -2.38. The smallest absolute Gasteiger partial charge is 0.387 e. The Morgan fingerprint density at radius 2 is 1.76 bits per heavy atom. The summed E-state index contributed by atoms with van der Waals surface area (Å²) in [5.41, 5.74) is 0.579. The minimum atomic E-state index is -3.98. The summed E-state index contributed by atoms with van der Waals surface area (Å²) in [6, 6.07) is 8.61. The Kier molecular flexibility index (Phi) is 7.49. The summed E-state index contributed by atoms with van der Waals surface area (Å²) in [6.45, 7) is -1.71. The summed E-state index contributed by atoms with van der Waals surface area (Å²) in [6.07, 6.45) is 0.249. The van der Waals surface area contributed by atoms with Gasteiger partial charge in [0.05, 0.1) is 12.0 Å². The fourth-order valence-electron chi connectivity index (χ4n) is 2.51. The average molecular weight is 431 g/mol. The molecule has 6 nitrogen and oxygen atoms in total. The van der Waals surface area contributed by atoms with Gasteiger partial charge in [0, 0.05) is 6.54 Å². The van der Waals surface area contributed by atoms with Crippen LogP contribution in [-0.4, -0.2) is 39.8 Å². The molecule has 1 amide bonds. The second-order valence-corrected chi connectivity index (χ2v) is 8.31. The number of nitrogens with one attached hydrogen (secondary N) is 1. The quantitative estimate of drug-likeness (QED) is 0.618. The van der Waals surface area contributed by atoms with Gasteiger partial charge in [0.25, 0.3) is 0 Å². The molecule has 1 atom stereocenters. The van der Waals surface area contributed by atoms with Gasteiger partial charge >= 0.3 is 6.61 Å². The lowest BCUT2D eigenvalue weighted by atomic mass is 10.1. The Morgan fingerprint density at radius 1 is 1.10 bits per heavy atom. The van der Waals surface area contributed by atoms with Crippen molar-refractivity contribution in [1.82, 2.24) is 5.32 Å². The first-order valence-electron chi connectivity index (χ1n) is 8.54. The standard InChI is InChI=1S/C19H20F3NO5S/c1-12(29(25,26)15-6-4-14(20)5-7-15)18(24)23-10-9-13-3-8-16(27-2)17(11-13)28-19(21)22/h3-8,11-12,19H,9-10H2,1-2H3,(H,23,24). The normalized spacial score (nSPS) is 12.5. The lowest BCUT2D eigenvalue weighted by Gasteiger charge is -2.14. The zero-order valence-electron chi connectivity index (χ0n) is 15.7. The van der Waals surface area contributed by atoms with Crippen molar-refractivity contribution in [3.8, 4) is 11.5 Å². The third-order valence-electron chi connectivity index (χ3n) is 4.13. The van der Waals surface area contributed by atoms with Gasteiger partial charge in [-0.05, 0) is 55.3 Å². The molecule has 0 saturated heterocycles. The molecule has 0 bridgehead atoms. The summed E-state index contributed by atoms with van der Waals surface area (Å²) in [5.74, 6) is -1.32. The Balaban J connectivity index is 1.99. The molecule has 1 N–H and O–H groups in total. The van der Waals surface area contributed by atoms with Crippen LogP contribution in [0.3, 0.4) is 0 Å². The number of amides is 1. The maximum atomic E-state index is 13.0. The van der Waals surface area contributed by atoms with Gasteiger partial charge in [0.15, 0.2) is 21.3 Å². The van der Waals surface area contributed by atoms with E-state index in [-0.39, 0.29) is 29.4 Å². The first-order valence-corrected chi connectivity index (χ1v) is 10.1. The van der Waals surface area contributed by atoms with Crippen LogP contribution in [0.2, 0.25) is 0 Å². The van der Waals surface area contributed by atoms with Gasteiger partial charge in [-0.2, -0.15) is 8.78 Å². The maximum absolute atomic E-state index is 13.0. The molecule has 2 aromatic rings. The molecular weight excluding hydrogens is 411 g/mol. The number of benzene rings is 2. The zero-order valence-corrected chi connectivity index (χ0v) is 16.5. The van der Waals surface area contributed by atoms with Gasteiger partial charge in [0.1, 0.15) is 11.1 Å². The monoisotopic (exact) mass is 431 g/mol. The van der Waals surface area contributed by atoms with Crippen molar-refractivity contribution in [3.05, 3.63) is 53.8 Å². The molecular formula is C19H20F3NO5S. The van der Waals surface area contributed by atoms with E-state index in [1.54, 1.807) is 6.07 Å². The van der Waals surface area contributed by atoms with Crippen LogP contribution in [0.25, 0.3) is 0 Å². The predicted octanol–water partition coefficient (Wildman–Crippen LogP) is 2.96. The molecule has 1 unspecified atom stereocenters. The molecule has 0 saturated carbocycles. The van der Waals surface area contributed by atoms with Crippen LogP contribution in [0, 0.1) is 5.82 Å². The van der Waals surface area contributed by atoms with Gasteiger partial charge < -0.3 is 14.8 Å². The highest BCUT2D eigenvalue weighted by atomic mass is 32.2. The molecule has 10 heteroatoms. The lowest BCUT2D eigenvalue weighted by molar-refractivity contribution is -0.120. The van der Waals surface area contributed by atoms with Crippen LogP contribution in [0.5, 0.6) is 11.5 Å². The van der Waals surface area contributed by atoms with Crippen molar-refractivity contribution < 1.29 is 35.9 Å². The van der Waals surface area contributed by atoms with E-state index in [0.29, 0.717) is 5.56 Å². The van der Waals surface area contributed by atoms with E-state index in [4.69, 9.17) is 4.74 Å². The van der Waals surface area contributed by atoms with E-state index in [1.807, 2.05) is 0 Å². The highest BCUT2D eigenvalue weighted by Crippen LogP contribution is 2.29. The molecule has 158 valence electrons. The number of carbonyl (C=O) groups is 1. The number of methoxy groups -OCH3 is 1. The van der Waals surface area contributed by atoms with Crippen LogP contribution >= 0.6 is 0 Å². The average Bonchev–Trinajstić information content (AvgIpc) is 2.67. The van der Waals surface area contributed by atoms with Crippen LogP contribution in [0.1, 0.15) is 12.5 Å². The van der Waals surface area contributed by atoms with E-state index in [2.05, 4.69) is 10.1 Å². The number of sulfone groups is 1. The van der Waals surface area contributed by atoms with E-state index < -0.39 is 33.4 Å². The third-order valence-corrected chi connectivity index (χ3v) is 6.21. The van der Waals surface area contributed by atoms with Gasteiger partial charge in [-0.25, -0.2) is 12.8 Å². The summed E-state index contributed by atoms with van der Waals surface area (Å²) >= 11 is 0. The number of alkyl halides is 2. The first-order chi connectivity index (χ1) is 13.6. The number of ether oxygens (including phenoxy) is 2. The maximum Gasteiger partial charge on any atom is 0.387 e.